The second-order valence-electron chi connectivity index (χ2n) is 7.41. The average molecular weight is 456 g/mol. The summed E-state index contributed by atoms with van der Waals surface area (Å²) in [6.07, 6.45) is 2.42. The Morgan fingerprint density at radius 3 is 2.34 bits per heavy atom. The lowest BCUT2D eigenvalue weighted by atomic mass is 9.93. The number of hydrogen-bond donors (Lipinski definition) is 0. The Labute approximate surface area is 180 Å². The van der Waals surface area contributed by atoms with Crippen molar-refractivity contribution in [1.82, 2.24) is 0 Å². The first kappa shape index (κ1) is 23.6. The Morgan fingerprint density at radius 1 is 1.06 bits per heavy atom. The molecule has 2 aromatic carbocycles. The summed E-state index contributed by atoms with van der Waals surface area (Å²) in [7, 11) is 0. The van der Waals surface area contributed by atoms with Crippen molar-refractivity contribution in [3.8, 4) is 5.75 Å². The van der Waals surface area contributed by atoms with Gasteiger partial charge in [-0.2, -0.15) is 8.78 Å². The predicted molar refractivity (Wildman–Crippen MR) is 107 cm³/mol. The van der Waals surface area contributed by atoms with Gasteiger partial charge < -0.3 is 4.74 Å². The quantitative estimate of drug-likeness (QED) is 0.303. The summed E-state index contributed by atoms with van der Waals surface area (Å²) in [6, 6.07) is 4.92. The van der Waals surface area contributed by atoms with Gasteiger partial charge in [-0.05, 0) is 41.7 Å². The molecule has 170 valence electrons. The van der Waals surface area contributed by atoms with Crippen LogP contribution in [-0.2, 0) is 0 Å². The highest BCUT2D eigenvalue weighted by Crippen LogP contribution is 2.33. The van der Waals surface area contributed by atoms with Gasteiger partial charge in [-0.1, -0.05) is 37.3 Å². The molecular weight excluding hydrogens is 437 g/mol. The van der Waals surface area contributed by atoms with Crippen molar-refractivity contribution in [3.05, 3.63) is 94.9 Å². The van der Waals surface area contributed by atoms with Crippen LogP contribution in [0.1, 0.15) is 43.2 Å². The molecule has 1 nitrogen and oxygen atoms in total. The van der Waals surface area contributed by atoms with Gasteiger partial charge in [0, 0.05) is 18.1 Å². The van der Waals surface area contributed by atoms with Crippen molar-refractivity contribution in [3.63, 3.8) is 0 Å². The van der Waals surface area contributed by atoms with Gasteiger partial charge in [0.2, 0.25) is 0 Å². The number of alkyl halides is 2. The van der Waals surface area contributed by atoms with E-state index in [9.17, 15) is 30.7 Å². The topological polar surface area (TPSA) is 9.23 Å². The molecular formula is C24H19F7O. The third kappa shape index (κ3) is 5.81. The summed E-state index contributed by atoms with van der Waals surface area (Å²) in [5.74, 6) is -9.07. The van der Waals surface area contributed by atoms with Gasteiger partial charge in [0.05, 0.1) is 0 Å². The summed E-state index contributed by atoms with van der Waals surface area (Å²) in [4.78, 5) is 0. The second kappa shape index (κ2) is 9.63. The van der Waals surface area contributed by atoms with Crippen molar-refractivity contribution in [2.75, 3.05) is 0 Å². The molecule has 0 heterocycles. The summed E-state index contributed by atoms with van der Waals surface area (Å²) < 4.78 is 100. The normalized spacial score (nSPS) is 15.5. The summed E-state index contributed by atoms with van der Waals surface area (Å²) in [5, 5.41) is 0. The van der Waals surface area contributed by atoms with E-state index in [2.05, 4.69) is 4.74 Å². The van der Waals surface area contributed by atoms with Crippen LogP contribution in [0.3, 0.4) is 0 Å². The highest BCUT2D eigenvalue weighted by molar-refractivity contribution is 5.68. The summed E-state index contributed by atoms with van der Waals surface area (Å²) in [5.41, 5.74) is 1.76. The van der Waals surface area contributed by atoms with Crippen LogP contribution in [0.2, 0.25) is 0 Å². The standard InChI is InChI=1S/C24H19F7O/c1-14(19-8-7-16(10-20(19)26)15-5-3-2-4-6-15)9-17(25)13-24(30,31)32-18-11-21(27)23(29)22(28)12-18/h2-3,5,7-12,14H,4,6,13H2,1H3/b17-9+. The number of ether oxygens (including phenoxy) is 1. The molecule has 0 radical (unpaired) electrons. The molecule has 3 rings (SSSR count). The minimum Gasteiger partial charge on any atom is -0.432 e. The fourth-order valence-corrected chi connectivity index (χ4v) is 3.36. The maximum absolute atomic E-state index is 14.6. The van der Waals surface area contributed by atoms with Crippen LogP contribution in [0, 0.1) is 23.3 Å². The Hall–Kier alpha value is -3.03. The van der Waals surface area contributed by atoms with E-state index in [4.69, 9.17) is 0 Å². The molecule has 1 unspecified atom stereocenters. The third-order valence-electron chi connectivity index (χ3n) is 4.91. The third-order valence-corrected chi connectivity index (χ3v) is 4.91. The molecule has 2 aromatic rings. The van der Waals surface area contributed by atoms with E-state index < -0.39 is 53.3 Å². The van der Waals surface area contributed by atoms with E-state index in [0.29, 0.717) is 5.56 Å². The zero-order chi connectivity index (χ0) is 23.5. The lowest BCUT2D eigenvalue weighted by Crippen LogP contribution is -2.25. The van der Waals surface area contributed by atoms with E-state index in [1.807, 2.05) is 18.2 Å². The van der Waals surface area contributed by atoms with Crippen molar-refractivity contribution in [2.45, 2.75) is 38.2 Å². The monoisotopic (exact) mass is 456 g/mol. The van der Waals surface area contributed by atoms with Gasteiger partial charge in [-0.25, -0.2) is 22.0 Å². The average Bonchev–Trinajstić information content (AvgIpc) is 2.71. The molecule has 0 spiro atoms. The van der Waals surface area contributed by atoms with Crippen LogP contribution in [0.4, 0.5) is 30.7 Å². The highest BCUT2D eigenvalue weighted by Gasteiger charge is 2.34. The second-order valence-corrected chi connectivity index (χ2v) is 7.41. The Bertz CT molecular complexity index is 1060. The van der Waals surface area contributed by atoms with E-state index in [1.54, 1.807) is 6.07 Å². The molecule has 1 aliphatic rings. The fourth-order valence-electron chi connectivity index (χ4n) is 3.36. The van der Waals surface area contributed by atoms with Gasteiger partial charge in [0.15, 0.2) is 17.5 Å². The molecule has 32 heavy (non-hydrogen) atoms. The largest absolute Gasteiger partial charge is 0.432 e. The number of allylic oxidation sites excluding steroid dienone is 5. The Kier molecular flexibility index (Phi) is 7.11. The lowest BCUT2D eigenvalue weighted by molar-refractivity contribution is -0.176. The minimum atomic E-state index is -4.18. The summed E-state index contributed by atoms with van der Waals surface area (Å²) in [6.45, 7) is 1.43. The molecule has 0 fully saturated rings. The molecule has 0 aliphatic heterocycles. The van der Waals surface area contributed by atoms with Gasteiger partial charge in [-0.3, -0.25) is 0 Å². The fraction of sp³-hybridized carbons (Fsp3) is 0.250. The predicted octanol–water partition coefficient (Wildman–Crippen LogP) is 8.00. The molecule has 0 aromatic heterocycles. The van der Waals surface area contributed by atoms with Crippen molar-refractivity contribution in [2.24, 2.45) is 0 Å². The van der Waals surface area contributed by atoms with E-state index >= 15 is 0 Å². The number of halogens is 7. The Morgan fingerprint density at radius 2 is 1.75 bits per heavy atom. The van der Waals surface area contributed by atoms with E-state index in [-0.39, 0.29) is 17.7 Å². The van der Waals surface area contributed by atoms with Gasteiger partial charge in [0.1, 0.15) is 23.8 Å². The maximum atomic E-state index is 14.6. The van der Waals surface area contributed by atoms with E-state index in [0.717, 1.165) is 24.5 Å². The molecule has 0 N–H and O–H groups in total. The first-order valence-corrected chi connectivity index (χ1v) is 9.79. The summed E-state index contributed by atoms with van der Waals surface area (Å²) >= 11 is 0. The highest BCUT2D eigenvalue weighted by atomic mass is 19.3. The molecule has 8 heteroatoms. The van der Waals surface area contributed by atoms with Crippen LogP contribution < -0.4 is 4.74 Å². The van der Waals surface area contributed by atoms with Crippen LogP contribution >= 0.6 is 0 Å². The molecule has 0 saturated heterocycles. The SMILES string of the molecule is CC(/C=C(/F)CC(F)(F)Oc1cc(F)c(F)c(F)c1)c1ccc(C2=CC=CCC2)cc1F. The van der Waals surface area contributed by atoms with E-state index in [1.165, 1.54) is 19.1 Å². The van der Waals surface area contributed by atoms with Gasteiger partial charge >= 0.3 is 6.11 Å². The molecule has 0 saturated carbocycles. The zero-order valence-electron chi connectivity index (χ0n) is 16.9. The van der Waals surface area contributed by atoms with Crippen molar-refractivity contribution in [1.29, 1.82) is 0 Å². The molecule has 0 bridgehead atoms. The van der Waals surface area contributed by atoms with Gasteiger partial charge in [-0.15, -0.1) is 0 Å². The minimum absolute atomic E-state index is 0.114. The zero-order valence-corrected chi connectivity index (χ0v) is 16.9. The van der Waals surface area contributed by atoms with Gasteiger partial charge in [0.25, 0.3) is 0 Å². The maximum Gasteiger partial charge on any atom is 0.404 e. The Balaban J connectivity index is 1.71. The van der Waals surface area contributed by atoms with Crippen molar-refractivity contribution >= 4 is 5.57 Å². The number of hydrogen-bond acceptors (Lipinski definition) is 1. The number of rotatable bonds is 7. The first-order chi connectivity index (χ1) is 15.1. The number of benzene rings is 2. The van der Waals surface area contributed by atoms with Crippen LogP contribution in [-0.4, -0.2) is 6.11 Å². The smallest absolute Gasteiger partial charge is 0.404 e. The molecule has 1 aliphatic carbocycles. The molecule has 0 amide bonds. The first-order valence-electron chi connectivity index (χ1n) is 9.79. The van der Waals surface area contributed by atoms with Crippen LogP contribution in [0.5, 0.6) is 5.75 Å². The van der Waals surface area contributed by atoms with Crippen LogP contribution in [0.25, 0.3) is 5.57 Å². The molecule has 1 atom stereocenters. The van der Waals surface area contributed by atoms with Crippen LogP contribution in [0.15, 0.2) is 60.5 Å². The lowest BCUT2D eigenvalue weighted by Gasteiger charge is -2.18. The van der Waals surface area contributed by atoms with Crippen molar-refractivity contribution < 1.29 is 35.5 Å².